The first-order chi connectivity index (χ1) is 19.4. The molecule has 0 amide bonds. The molecule has 0 saturated heterocycles. The molecule has 2 rings (SSSR count). The van der Waals surface area contributed by atoms with Crippen LogP contribution in [0.15, 0.2) is 30.3 Å². The van der Waals surface area contributed by atoms with Crippen LogP contribution in [0.2, 0.25) is 0 Å². The minimum Gasteiger partial charge on any atom is -0.435 e. The zero-order valence-corrected chi connectivity index (χ0v) is 25.0. The highest BCUT2D eigenvalue weighted by Gasteiger charge is 2.24. The van der Waals surface area contributed by atoms with Crippen molar-refractivity contribution in [3.8, 4) is 11.1 Å². The van der Waals surface area contributed by atoms with E-state index >= 15 is 0 Å². The van der Waals surface area contributed by atoms with E-state index in [0.717, 1.165) is 33.6 Å². The Morgan fingerprint density at radius 1 is 1.02 bits per heavy atom. The fraction of sp³-hybridized carbons (Fsp3) is 0.533. The van der Waals surface area contributed by atoms with E-state index in [2.05, 4.69) is 32.5 Å². The average Bonchev–Trinajstić information content (AvgIpc) is 2.90. The number of esters is 1. The topological polar surface area (TPSA) is 119 Å². The fourth-order valence-corrected chi connectivity index (χ4v) is 4.54. The third kappa shape index (κ3) is 9.87. The molecule has 226 valence electrons. The van der Waals surface area contributed by atoms with Gasteiger partial charge in [-0.1, -0.05) is 52.0 Å². The van der Waals surface area contributed by atoms with Crippen molar-refractivity contribution in [2.75, 3.05) is 21.3 Å². The molecule has 0 saturated carbocycles. The van der Waals surface area contributed by atoms with E-state index in [1.165, 1.54) is 26.2 Å². The van der Waals surface area contributed by atoms with E-state index in [-0.39, 0.29) is 24.1 Å². The summed E-state index contributed by atoms with van der Waals surface area (Å²) in [6.07, 6.45) is 1.57. The second kappa shape index (κ2) is 16.1. The second-order valence-electron chi connectivity index (χ2n) is 10.2. The van der Waals surface area contributed by atoms with E-state index in [0.29, 0.717) is 13.0 Å². The van der Waals surface area contributed by atoms with Crippen molar-refractivity contribution in [2.45, 2.75) is 84.4 Å². The highest BCUT2D eigenvalue weighted by Crippen LogP contribution is 2.38. The fourth-order valence-electron chi connectivity index (χ4n) is 4.54. The maximum absolute atomic E-state index is 13.9. The third-order valence-corrected chi connectivity index (χ3v) is 6.45. The lowest BCUT2D eigenvalue weighted by molar-refractivity contribution is -0.777. The zero-order chi connectivity index (χ0) is 30.7. The van der Waals surface area contributed by atoms with Crippen LogP contribution in [-0.4, -0.2) is 55.9 Å². The van der Waals surface area contributed by atoms with Gasteiger partial charge in [-0.15, -0.1) is 10.1 Å². The molecule has 1 unspecified atom stereocenters. The number of carbonyl (C=O) groups excluding carboxylic acids is 1. The molecule has 2 aromatic rings. The van der Waals surface area contributed by atoms with Crippen LogP contribution >= 0.6 is 0 Å². The molecule has 41 heavy (non-hydrogen) atoms. The monoisotopic (exact) mass is 576 g/mol. The minimum atomic E-state index is -1.34. The first-order valence-corrected chi connectivity index (χ1v) is 13.5. The summed E-state index contributed by atoms with van der Waals surface area (Å²) in [5.74, 6) is -0.830. The summed E-state index contributed by atoms with van der Waals surface area (Å²) in [6.45, 7) is 9.88. The number of carbonyl (C=O) groups is 1. The van der Waals surface area contributed by atoms with Gasteiger partial charge in [0.05, 0.1) is 30.9 Å². The van der Waals surface area contributed by atoms with Crippen LogP contribution in [0.3, 0.4) is 0 Å². The largest absolute Gasteiger partial charge is 0.435 e. The number of ether oxygens (including phenoxy) is 4. The lowest BCUT2D eigenvalue weighted by atomic mass is 9.87. The maximum Gasteiger partial charge on any atom is 0.310 e. The summed E-state index contributed by atoms with van der Waals surface area (Å²) in [4.78, 5) is 32.0. The molecular formula is C30H41FN2O8. The van der Waals surface area contributed by atoms with Gasteiger partial charge in [-0.2, -0.15) is 0 Å². The molecule has 1 aromatic heterocycles. The Morgan fingerprint density at radius 3 is 2.17 bits per heavy atom. The van der Waals surface area contributed by atoms with Gasteiger partial charge in [-0.25, -0.2) is 4.39 Å². The van der Waals surface area contributed by atoms with Crippen molar-refractivity contribution >= 4 is 12.0 Å². The average molecular weight is 577 g/mol. The van der Waals surface area contributed by atoms with Crippen molar-refractivity contribution < 1.29 is 38.1 Å². The molecule has 0 radical (unpaired) electrons. The number of halogens is 1. The Kier molecular flexibility index (Phi) is 13.3. The summed E-state index contributed by atoms with van der Waals surface area (Å²) < 4.78 is 35.6. The molecule has 0 aliphatic heterocycles. The standard InChI is InChI=1S/C30H41FN2O8/c1-18(2)29-25(14-13-23(38-7)15-24(39-8)16-27(34)40-20(5)41-33(35)36)28(21-9-11-22(31)12-10-21)26(17-37-6)30(32-29)19(3)4/h9-14,18-20,23-24H,15-17H2,1-8H3/b14-13+/t20?,23-,24-/m1/s1. The Morgan fingerprint density at radius 2 is 1.66 bits per heavy atom. The molecule has 10 nitrogen and oxygen atoms in total. The SMILES string of the molecule is COCc1c(C(C)C)nc(C(C)C)c(/C=C/[C@H](C[C@H](CC(=O)OC(C)O[N+](=O)[O-])OC)OC)c1-c1ccc(F)cc1. The van der Waals surface area contributed by atoms with Crippen molar-refractivity contribution in [3.05, 3.63) is 68.8 Å². The molecule has 0 bridgehead atoms. The van der Waals surface area contributed by atoms with Gasteiger partial charge in [0.15, 0.2) is 0 Å². The molecule has 0 spiro atoms. The summed E-state index contributed by atoms with van der Waals surface area (Å²) in [6, 6.07) is 6.36. The van der Waals surface area contributed by atoms with Gasteiger partial charge in [0.2, 0.25) is 6.29 Å². The Balaban J connectivity index is 2.50. The molecule has 11 heteroatoms. The van der Waals surface area contributed by atoms with Crippen molar-refractivity contribution in [1.29, 1.82) is 0 Å². The van der Waals surface area contributed by atoms with Gasteiger partial charge in [0.25, 0.3) is 5.09 Å². The van der Waals surface area contributed by atoms with Gasteiger partial charge in [-0.3, -0.25) is 14.6 Å². The lowest BCUT2D eigenvalue weighted by Crippen LogP contribution is -2.27. The lowest BCUT2D eigenvalue weighted by Gasteiger charge is -2.24. The Hall–Kier alpha value is -3.41. The third-order valence-electron chi connectivity index (χ3n) is 6.45. The van der Waals surface area contributed by atoms with Crippen molar-refractivity contribution in [1.82, 2.24) is 4.98 Å². The predicted octanol–water partition coefficient (Wildman–Crippen LogP) is 6.20. The molecule has 0 fully saturated rings. The number of aromatic nitrogens is 1. The van der Waals surface area contributed by atoms with Gasteiger partial charge in [-0.05, 0) is 42.0 Å². The molecule has 3 atom stereocenters. The van der Waals surface area contributed by atoms with Crippen LogP contribution in [0, 0.1) is 15.9 Å². The number of benzene rings is 1. The van der Waals surface area contributed by atoms with Crippen LogP contribution in [-0.2, 0) is 35.2 Å². The number of pyridine rings is 1. The number of hydrogen-bond acceptors (Lipinski definition) is 9. The number of nitrogens with zero attached hydrogens (tertiary/aromatic N) is 2. The normalized spacial score (nSPS) is 13.9. The molecular weight excluding hydrogens is 535 g/mol. The van der Waals surface area contributed by atoms with Crippen molar-refractivity contribution in [2.24, 2.45) is 0 Å². The van der Waals surface area contributed by atoms with Crippen molar-refractivity contribution in [3.63, 3.8) is 0 Å². The molecule has 1 aromatic carbocycles. The van der Waals surface area contributed by atoms with E-state index in [9.17, 15) is 19.3 Å². The predicted molar refractivity (Wildman–Crippen MR) is 152 cm³/mol. The van der Waals surface area contributed by atoms with Crippen LogP contribution in [0.5, 0.6) is 0 Å². The summed E-state index contributed by atoms with van der Waals surface area (Å²) in [5, 5.41) is 9.44. The molecule has 0 aliphatic carbocycles. The van der Waals surface area contributed by atoms with E-state index in [1.807, 2.05) is 12.2 Å². The highest BCUT2D eigenvalue weighted by atomic mass is 19.1. The quantitative estimate of drug-likeness (QED) is 0.0995. The maximum atomic E-state index is 13.9. The smallest absolute Gasteiger partial charge is 0.310 e. The first kappa shape index (κ1) is 33.8. The van der Waals surface area contributed by atoms with E-state index in [1.54, 1.807) is 26.4 Å². The van der Waals surface area contributed by atoms with Crippen LogP contribution < -0.4 is 0 Å². The molecule has 1 heterocycles. The number of hydrogen-bond donors (Lipinski definition) is 0. The number of methoxy groups -OCH3 is 3. The molecule has 0 aliphatic rings. The van der Waals surface area contributed by atoms with E-state index in [4.69, 9.17) is 23.9 Å². The zero-order valence-electron chi connectivity index (χ0n) is 25.0. The van der Waals surface area contributed by atoms with Crippen LogP contribution in [0.4, 0.5) is 4.39 Å². The van der Waals surface area contributed by atoms with E-state index < -0.39 is 29.6 Å². The Labute approximate surface area is 240 Å². The first-order valence-electron chi connectivity index (χ1n) is 13.5. The molecule has 0 N–H and O–H groups in total. The highest BCUT2D eigenvalue weighted by molar-refractivity contribution is 5.80. The minimum absolute atomic E-state index is 0.0776. The van der Waals surface area contributed by atoms with Gasteiger partial charge < -0.3 is 18.9 Å². The van der Waals surface area contributed by atoms with Gasteiger partial charge in [0, 0.05) is 44.6 Å². The summed E-state index contributed by atoms with van der Waals surface area (Å²) >= 11 is 0. The summed E-state index contributed by atoms with van der Waals surface area (Å²) in [7, 11) is 4.64. The summed E-state index contributed by atoms with van der Waals surface area (Å²) in [5.41, 5.74) is 5.34. The number of rotatable bonds is 16. The van der Waals surface area contributed by atoms with Gasteiger partial charge in [0.1, 0.15) is 5.82 Å². The van der Waals surface area contributed by atoms with Crippen LogP contribution in [0.1, 0.15) is 81.8 Å². The van der Waals surface area contributed by atoms with Gasteiger partial charge >= 0.3 is 5.97 Å². The second-order valence-corrected chi connectivity index (χ2v) is 10.2. The van der Waals surface area contributed by atoms with Crippen LogP contribution in [0.25, 0.3) is 17.2 Å². The Bertz CT molecular complexity index is 1180.